The van der Waals surface area contributed by atoms with Crippen LogP contribution in [0.2, 0.25) is 10.0 Å². The van der Waals surface area contributed by atoms with Crippen LogP contribution in [0.25, 0.3) is 0 Å². The highest BCUT2D eigenvalue weighted by Crippen LogP contribution is 2.42. The number of thioether (sulfide) groups is 2. The molecule has 0 aliphatic carbocycles. The van der Waals surface area contributed by atoms with Crippen molar-refractivity contribution in [2.45, 2.75) is 51.4 Å². The van der Waals surface area contributed by atoms with E-state index in [2.05, 4.69) is 21.7 Å². The highest BCUT2D eigenvalue weighted by molar-refractivity contribution is 8.29. The Balaban J connectivity index is 1.13. The van der Waals surface area contributed by atoms with E-state index in [1.807, 2.05) is 0 Å². The second-order valence-electron chi connectivity index (χ2n) is 10.9. The maximum atomic E-state index is 13.2. The van der Waals surface area contributed by atoms with Gasteiger partial charge in [0.05, 0.1) is 31.0 Å². The van der Waals surface area contributed by atoms with E-state index >= 15 is 0 Å². The molecule has 6 amide bonds. The summed E-state index contributed by atoms with van der Waals surface area (Å²) in [5, 5.41) is 0.544. The van der Waals surface area contributed by atoms with Gasteiger partial charge in [0, 0.05) is 25.9 Å². The number of hydrogen-bond acceptors (Lipinski definition) is 10. The van der Waals surface area contributed by atoms with E-state index in [4.69, 9.17) is 47.6 Å². The van der Waals surface area contributed by atoms with E-state index in [0.29, 0.717) is 60.3 Å². The molecule has 4 N–H and O–H groups in total. The fraction of sp³-hybridized carbons (Fsp3) is 0.312. The topological polar surface area (TPSA) is 157 Å². The summed E-state index contributed by atoms with van der Waals surface area (Å²) in [6.45, 7) is 0.660. The lowest BCUT2D eigenvalue weighted by atomic mass is 10.2. The molecule has 264 valence electrons. The number of benzene rings is 2. The standard InChI is InChI=1S/C32H32Cl2N6O6S4/c33-21-13-7-5-11-19(21)27(43)37-35-23(41)15-3-1-9-17-39-29(45)25(49-31(39)47)26-30(46)40(32(48)50-26)18-10-2-4-16-24(42)36-38-28(44)20-12-6-8-14-22(20)34/h5-8,11-14H,1-4,9-10,15-18H2,(H,35,41)(H,36,42)(H,37,43)(H,38,44). The minimum absolute atomic E-state index is 0.166. The molecule has 2 heterocycles. The largest absolute Gasteiger partial charge is 0.293 e. The normalized spacial score (nSPS) is 15.8. The number of rotatable bonds is 14. The number of hydrazine groups is 2. The smallest absolute Gasteiger partial charge is 0.271 e. The van der Waals surface area contributed by atoms with Crippen molar-refractivity contribution in [3.05, 3.63) is 79.5 Å². The Labute approximate surface area is 317 Å². The monoisotopic (exact) mass is 794 g/mol. The average Bonchev–Trinajstić information content (AvgIpc) is 3.54. The molecule has 2 aliphatic rings. The highest BCUT2D eigenvalue weighted by Gasteiger charge is 2.41. The molecule has 2 aromatic rings. The number of thiocarbonyl (C=S) groups is 2. The molecule has 0 saturated carbocycles. The van der Waals surface area contributed by atoms with Gasteiger partial charge in [-0.15, -0.1) is 0 Å². The number of unbranched alkanes of at least 4 members (excludes halogenated alkanes) is 4. The fourth-order valence-corrected chi connectivity index (χ4v) is 7.94. The van der Waals surface area contributed by atoms with Gasteiger partial charge in [-0.05, 0) is 49.9 Å². The first-order valence-electron chi connectivity index (χ1n) is 15.5. The minimum Gasteiger partial charge on any atom is -0.293 e. The number of carbonyl (C=O) groups excluding carboxylic acids is 6. The molecule has 4 rings (SSSR count). The number of halogens is 2. The summed E-state index contributed by atoms with van der Waals surface area (Å²) in [4.78, 5) is 78.5. The van der Waals surface area contributed by atoms with Crippen molar-refractivity contribution in [3.8, 4) is 0 Å². The molecule has 0 aromatic heterocycles. The maximum absolute atomic E-state index is 13.2. The van der Waals surface area contributed by atoms with Crippen molar-refractivity contribution in [1.29, 1.82) is 0 Å². The highest BCUT2D eigenvalue weighted by atomic mass is 35.5. The molecular weight excluding hydrogens is 764 g/mol. The molecule has 0 radical (unpaired) electrons. The third kappa shape index (κ3) is 10.7. The molecule has 2 fully saturated rings. The summed E-state index contributed by atoms with van der Waals surface area (Å²) < 4.78 is 0.688. The lowest BCUT2D eigenvalue weighted by molar-refractivity contribution is -0.124. The van der Waals surface area contributed by atoms with Crippen molar-refractivity contribution in [3.63, 3.8) is 0 Å². The maximum Gasteiger partial charge on any atom is 0.271 e. The van der Waals surface area contributed by atoms with E-state index in [1.165, 1.54) is 9.80 Å². The first kappa shape index (κ1) is 39.2. The minimum atomic E-state index is -0.521. The zero-order valence-electron chi connectivity index (χ0n) is 26.4. The van der Waals surface area contributed by atoms with Gasteiger partial charge in [-0.3, -0.25) is 60.3 Å². The van der Waals surface area contributed by atoms with E-state index in [-0.39, 0.29) is 67.5 Å². The number of amides is 6. The Morgan fingerprint density at radius 2 is 0.960 bits per heavy atom. The molecule has 0 atom stereocenters. The summed E-state index contributed by atoms with van der Waals surface area (Å²) >= 11 is 25.0. The Morgan fingerprint density at radius 3 is 1.34 bits per heavy atom. The summed E-state index contributed by atoms with van der Waals surface area (Å²) in [6, 6.07) is 13.0. The van der Waals surface area contributed by atoms with Gasteiger partial charge < -0.3 is 0 Å². The first-order chi connectivity index (χ1) is 24.0. The Hall–Kier alpha value is -3.54. The predicted octanol–water partition coefficient (Wildman–Crippen LogP) is 5.27. The van der Waals surface area contributed by atoms with Gasteiger partial charge in [0.2, 0.25) is 11.8 Å². The Bertz CT molecular complexity index is 1620. The number of nitrogens with one attached hydrogen (secondary N) is 4. The number of hydrogen-bond donors (Lipinski definition) is 4. The first-order valence-corrected chi connectivity index (χ1v) is 18.7. The van der Waals surface area contributed by atoms with E-state index in [9.17, 15) is 28.8 Å². The van der Waals surface area contributed by atoms with Crippen LogP contribution in [0.15, 0.2) is 58.3 Å². The fourth-order valence-electron chi connectivity index (χ4n) is 4.72. The molecule has 18 heteroatoms. The predicted molar refractivity (Wildman–Crippen MR) is 202 cm³/mol. The molecule has 2 saturated heterocycles. The summed E-state index contributed by atoms with van der Waals surface area (Å²) in [5.41, 5.74) is 9.90. The van der Waals surface area contributed by atoms with Crippen LogP contribution in [-0.2, 0) is 19.2 Å². The van der Waals surface area contributed by atoms with Crippen molar-refractivity contribution in [2.75, 3.05) is 13.1 Å². The van der Waals surface area contributed by atoms with Gasteiger partial charge in [0.1, 0.15) is 8.64 Å². The van der Waals surface area contributed by atoms with Gasteiger partial charge in [0.15, 0.2) is 0 Å². The molecular formula is C32H32Cl2N6O6S4. The van der Waals surface area contributed by atoms with E-state index in [1.54, 1.807) is 48.5 Å². The molecule has 0 bridgehead atoms. The quantitative estimate of drug-likeness (QED) is 0.0861. The van der Waals surface area contributed by atoms with Gasteiger partial charge in [0.25, 0.3) is 23.6 Å². The van der Waals surface area contributed by atoms with Crippen molar-refractivity contribution >= 4 is 115 Å². The average molecular weight is 796 g/mol. The number of nitrogens with zero attached hydrogens (tertiary/aromatic N) is 2. The van der Waals surface area contributed by atoms with Gasteiger partial charge in [-0.25, -0.2) is 0 Å². The summed E-state index contributed by atoms with van der Waals surface area (Å²) in [5.74, 6) is -2.47. The van der Waals surface area contributed by atoms with Crippen molar-refractivity contribution in [1.82, 2.24) is 31.5 Å². The molecule has 12 nitrogen and oxygen atoms in total. The molecule has 0 spiro atoms. The third-order valence-electron chi connectivity index (χ3n) is 7.34. The molecule has 50 heavy (non-hydrogen) atoms. The third-order valence-corrected chi connectivity index (χ3v) is 11.0. The second kappa shape index (κ2) is 19.2. The number of carbonyl (C=O) groups is 6. The van der Waals surface area contributed by atoms with Gasteiger partial charge in [-0.2, -0.15) is 0 Å². The van der Waals surface area contributed by atoms with Crippen molar-refractivity contribution in [2.24, 2.45) is 0 Å². The van der Waals surface area contributed by atoms with Crippen LogP contribution in [0.3, 0.4) is 0 Å². The van der Waals surface area contributed by atoms with Gasteiger partial charge in [-0.1, -0.05) is 108 Å². The lowest BCUT2D eigenvalue weighted by Gasteiger charge is -2.14. The Kier molecular flexibility index (Phi) is 15.1. The molecule has 2 aliphatic heterocycles. The second-order valence-corrected chi connectivity index (χ2v) is 15.0. The SMILES string of the molecule is O=C(CCCCCN1C(=O)C(=C2SC(=S)N(CCCCCC(=O)NNC(=O)c3ccccc3Cl)C2=O)SC1=S)NNC(=O)c1ccccc1Cl. The zero-order chi connectivity index (χ0) is 36.2. The summed E-state index contributed by atoms with van der Waals surface area (Å²) in [6.07, 6.45) is 3.77. The van der Waals surface area contributed by atoms with E-state index in [0.717, 1.165) is 23.5 Å². The van der Waals surface area contributed by atoms with Crippen LogP contribution in [0.1, 0.15) is 72.1 Å². The van der Waals surface area contributed by atoms with Crippen molar-refractivity contribution < 1.29 is 28.8 Å². The van der Waals surface area contributed by atoms with Crippen LogP contribution < -0.4 is 21.7 Å². The van der Waals surface area contributed by atoms with Crippen LogP contribution >= 0.6 is 71.2 Å². The molecule has 0 unspecified atom stereocenters. The van der Waals surface area contributed by atoms with Crippen LogP contribution in [0.4, 0.5) is 0 Å². The summed E-state index contributed by atoms with van der Waals surface area (Å²) in [7, 11) is 0. The van der Waals surface area contributed by atoms with Crippen LogP contribution in [0.5, 0.6) is 0 Å². The lowest BCUT2D eigenvalue weighted by Crippen LogP contribution is -2.41. The van der Waals surface area contributed by atoms with Crippen LogP contribution in [-0.4, -0.2) is 67.0 Å². The van der Waals surface area contributed by atoms with Gasteiger partial charge >= 0.3 is 0 Å². The van der Waals surface area contributed by atoms with E-state index < -0.39 is 11.8 Å². The van der Waals surface area contributed by atoms with Crippen LogP contribution in [0, 0.1) is 0 Å². The zero-order valence-corrected chi connectivity index (χ0v) is 31.2. The molecule has 2 aromatic carbocycles. The Morgan fingerprint density at radius 1 is 0.580 bits per heavy atom.